The SMILES string of the molecule is COc1cccc(Nc2ccnc(Nc3cc(OC)c(Cl)cc3OC)n2)c1. The molecule has 0 aliphatic carbocycles. The van der Waals surface area contributed by atoms with Crippen molar-refractivity contribution in [3.05, 3.63) is 53.7 Å². The maximum atomic E-state index is 6.14. The number of anilines is 4. The van der Waals surface area contributed by atoms with Crippen molar-refractivity contribution in [3.8, 4) is 17.2 Å². The van der Waals surface area contributed by atoms with E-state index >= 15 is 0 Å². The summed E-state index contributed by atoms with van der Waals surface area (Å²) in [7, 11) is 4.73. The number of aromatic nitrogens is 2. The average Bonchev–Trinajstić information content (AvgIpc) is 2.69. The van der Waals surface area contributed by atoms with Gasteiger partial charge < -0.3 is 24.8 Å². The molecule has 0 saturated heterocycles. The lowest BCUT2D eigenvalue weighted by Crippen LogP contribution is -2.02. The van der Waals surface area contributed by atoms with Gasteiger partial charge in [-0.2, -0.15) is 4.98 Å². The molecule has 8 heteroatoms. The van der Waals surface area contributed by atoms with E-state index in [4.69, 9.17) is 25.8 Å². The van der Waals surface area contributed by atoms with E-state index in [2.05, 4.69) is 20.6 Å². The average molecular weight is 387 g/mol. The van der Waals surface area contributed by atoms with Crippen LogP contribution in [-0.2, 0) is 0 Å². The van der Waals surface area contributed by atoms with Gasteiger partial charge in [0, 0.05) is 30.1 Å². The Bertz CT molecular complexity index is 937. The highest BCUT2D eigenvalue weighted by Gasteiger charge is 2.11. The fourth-order valence-electron chi connectivity index (χ4n) is 2.42. The Kier molecular flexibility index (Phi) is 5.83. The Morgan fingerprint density at radius 3 is 2.44 bits per heavy atom. The molecule has 0 spiro atoms. The molecule has 0 aliphatic rings. The van der Waals surface area contributed by atoms with Crippen molar-refractivity contribution in [2.75, 3.05) is 32.0 Å². The molecule has 1 aromatic heterocycles. The molecule has 0 saturated carbocycles. The first kappa shape index (κ1) is 18.6. The van der Waals surface area contributed by atoms with Crippen LogP contribution in [-0.4, -0.2) is 31.3 Å². The van der Waals surface area contributed by atoms with Crippen LogP contribution in [0.4, 0.5) is 23.1 Å². The van der Waals surface area contributed by atoms with E-state index in [1.54, 1.807) is 45.7 Å². The number of hydrogen-bond donors (Lipinski definition) is 2. The summed E-state index contributed by atoms with van der Waals surface area (Å²) in [6.07, 6.45) is 1.65. The Morgan fingerprint density at radius 1 is 0.889 bits per heavy atom. The van der Waals surface area contributed by atoms with Gasteiger partial charge in [-0.3, -0.25) is 0 Å². The molecule has 3 aromatic rings. The zero-order chi connectivity index (χ0) is 19.2. The zero-order valence-electron chi connectivity index (χ0n) is 15.1. The molecule has 7 nitrogen and oxygen atoms in total. The van der Waals surface area contributed by atoms with Crippen molar-refractivity contribution in [2.45, 2.75) is 0 Å². The Hall–Kier alpha value is -3.19. The summed E-state index contributed by atoms with van der Waals surface area (Å²) in [6, 6.07) is 12.7. The van der Waals surface area contributed by atoms with Gasteiger partial charge in [0.1, 0.15) is 23.1 Å². The number of ether oxygens (including phenoxy) is 3. The van der Waals surface area contributed by atoms with Gasteiger partial charge in [0.15, 0.2) is 0 Å². The highest BCUT2D eigenvalue weighted by atomic mass is 35.5. The van der Waals surface area contributed by atoms with Crippen molar-refractivity contribution < 1.29 is 14.2 Å². The van der Waals surface area contributed by atoms with Gasteiger partial charge in [-0.1, -0.05) is 17.7 Å². The number of hydrogen-bond acceptors (Lipinski definition) is 7. The maximum Gasteiger partial charge on any atom is 0.229 e. The minimum Gasteiger partial charge on any atom is -0.497 e. The molecule has 0 atom stereocenters. The maximum absolute atomic E-state index is 6.14. The van der Waals surface area contributed by atoms with Crippen LogP contribution in [0.3, 0.4) is 0 Å². The van der Waals surface area contributed by atoms with Crippen molar-refractivity contribution in [1.82, 2.24) is 9.97 Å². The quantitative estimate of drug-likeness (QED) is 0.612. The largest absolute Gasteiger partial charge is 0.497 e. The fourth-order valence-corrected chi connectivity index (χ4v) is 2.65. The van der Waals surface area contributed by atoms with Crippen LogP contribution >= 0.6 is 11.6 Å². The van der Waals surface area contributed by atoms with Gasteiger partial charge in [-0.15, -0.1) is 0 Å². The molecule has 27 heavy (non-hydrogen) atoms. The van der Waals surface area contributed by atoms with Crippen LogP contribution < -0.4 is 24.8 Å². The van der Waals surface area contributed by atoms with Gasteiger partial charge in [0.25, 0.3) is 0 Å². The molecule has 0 fully saturated rings. The number of benzene rings is 2. The van der Waals surface area contributed by atoms with Crippen molar-refractivity contribution in [2.24, 2.45) is 0 Å². The molecule has 140 valence electrons. The summed E-state index contributed by atoms with van der Waals surface area (Å²) in [5.41, 5.74) is 1.49. The summed E-state index contributed by atoms with van der Waals surface area (Å²) in [4.78, 5) is 8.72. The van der Waals surface area contributed by atoms with E-state index in [0.717, 1.165) is 11.4 Å². The van der Waals surface area contributed by atoms with Crippen molar-refractivity contribution in [3.63, 3.8) is 0 Å². The van der Waals surface area contributed by atoms with E-state index in [1.807, 2.05) is 24.3 Å². The van der Waals surface area contributed by atoms with E-state index in [0.29, 0.717) is 34.0 Å². The van der Waals surface area contributed by atoms with Gasteiger partial charge >= 0.3 is 0 Å². The minimum absolute atomic E-state index is 0.394. The minimum atomic E-state index is 0.394. The number of halogens is 1. The molecule has 3 rings (SSSR count). The monoisotopic (exact) mass is 386 g/mol. The third kappa shape index (κ3) is 4.51. The van der Waals surface area contributed by atoms with Crippen molar-refractivity contribution >= 4 is 34.7 Å². The third-order valence-corrected chi connectivity index (χ3v) is 4.01. The van der Waals surface area contributed by atoms with Crippen LogP contribution in [0.5, 0.6) is 17.2 Å². The van der Waals surface area contributed by atoms with Crippen molar-refractivity contribution in [1.29, 1.82) is 0 Å². The topological polar surface area (TPSA) is 77.5 Å². The smallest absolute Gasteiger partial charge is 0.229 e. The van der Waals surface area contributed by atoms with Crippen LogP contribution in [0.25, 0.3) is 0 Å². The second kappa shape index (κ2) is 8.46. The molecule has 1 heterocycles. The van der Waals surface area contributed by atoms with E-state index in [9.17, 15) is 0 Å². The summed E-state index contributed by atoms with van der Waals surface area (Å²) in [5, 5.41) is 6.79. The first-order chi connectivity index (χ1) is 13.1. The van der Waals surface area contributed by atoms with Crippen LogP contribution in [0, 0.1) is 0 Å². The molecule has 0 bridgehead atoms. The lowest BCUT2D eigenvalue weighted by molar-refractivity contribution is 0.405. The molecule has 0 amide bonds. The zero-order valence-corrected chi connectivity index (χ0v) is 15.9. The molecular weight excluding hydrogens is 368 g/mol. The van der Waals surface area contributed by atoms with Gasteiger partial charge in [0.2, 0.25) is 5.95 Å². The first-order valence-electron chi connectivity index (χ1n) is 8.05. The fraction of sp³-hybridized carbons (Fsp3) is 0.158. The molecular formula is C19H19ClN4O3. The predicted molar refractivity (Wildman–Crippen MR) is 106 cm³/mol. The second-order valence-corrected chi connectivity index (χ2v) is 5.84. The highest BCUT2D eigenvalue weighted by molar-refractivity contribution is 6.32. The highest BCUT2D eigenvalue weighted by Crippen LogP contribution is 2.37. The van der Waals surface area contributed by atoms with Gasteiger partial charge in [-0.05, 0) is 18.2 Å². The molecule has 0 unspecified atom stereocenters. The van der Waals surface area contributed by atoms with Crippen LogP contribution in [0.1, 0.15) is 0 Å². The van der Waals surface area contributed by atoms with Gasteiger partial charge in [-0.25, -0.2) is 4.98 Å². The Morgan fingerprint density at radius 2 is 1.70 bits per heavy atom. The van der Waals surface area contributed by atoms with Gasteiger partial charge in [0.05, 0.1) is 32.0 Å². The van der Waals surface area contributed by atoms with Crippen LogP contribution in [0.2, 0.25) is 5.02 Å². The number of rotatable bonds is 7. The summed E-state index contributed by atoms with van der Waals surface area (Å²) in [6.45, 7) is 0. The normalized spacial score (nSPS) is 10.2. The summed E-state index contributed by atoms with van der Waals surface area (Å²) in [5.74, 6) is 2.85. The molecule has 2 N–H and O–H groups in total. The lowest BCUT2D eigenvalue weighted by atomic mass is 10.2. The molecule has 2 aromatic carbocycles. The predicted octanol–water partition coefficient (Wildman–Crippen LogP) is 4.64. The first-order valence-corrected chi connectivity index (χ1v) is 8.43. The number of nitrogens with zero attached hydrogens (tertiary/aromatic N) is 2. The van der Waals surface area contributed by atoms with E-state index in [1.165, 1.54) is 0 Å². The van der Waals surface area contributed by atoms with E-state index in [-0.39, 0.29) is 0 Å². The third-order valence-electron chi connectivity index (χ3n) is 3.72. The standard InChI is InChI=1S/C19H19ClN4O3/c1-25-13-6-4-5-12(9-13)22-18-7-8-21-19(24-18)23-15-11-16(26-2)14(20)10-17(15)27-3/h4-11H,1-3H3,(H2,21,22,23,24). The van der Waals surface area contributed by atoms with Crippen LogP contribution in [0.15, 0.2) is 48.7 Å². The Labute approximate surface area is 162 Å². The number of nitrogens with one attached hydrogen (secondary N) is 2. The summed E-state index contributed by atoms with van der Waals surface area (Å²) < 4.78 is 15.8. The molecule has 0 radical (unpaired) electrons. The summed E-state index contributed by atoms with van der Waals surface area (Å²) >= 11 is 6.14. The number of methoxy groups -OCH3 is 3. The second-order valence-electron chi connectivity index (χ2n) is 5.43. The lowest BCUT2D eigenvalue weighted by Gasteiger charge is -2.13. The molecule has 0 aliphatic heterocycles. The van der Waals surface area contributed by atoms with E-state index < -0.39 is 0 Å². The Balaban J connectivity index is 1.84.